The Morgan fingerprint density at radius 2 is 1.30 bits per heavy atom. The Morgan fingerprint density at radius 1 is 0.757 bits per heavy atom. The second kappa shape index (κ2) is 10.3. The number of ether oxygens (including phenoxy) is 1. The van der Waals surface area contributed by atoms with E-state index in [-0.39, 0.29) is 18.0 Å². The molecule has 1 saturated heterocycles. The van der Waals surface area contributed by atoms with Crippen LogP contribution in [0.5, 0.6) is 11.6 Å². The molecule has 7 nitrogen and oxygen atoms in total. The number of thiazole rings is 1. The molecule has 0 bridgehead atoms. The average molecular weight is 512 g/mol. The van der Waals surface area contributed by atoms with E-state index in [0.29, 0.717) is 4.96 Å². The Hall–Kier alpha value is -3.72. The molecule has 0 spiro atoms. The quantitative estimate of drug-likeness (QED) is 0.332. The largest absolute Gasteiger partial charge is 0.497 e. The van der Waals surface area contributed by atoms with Gasteiger partial charge in [0.15, 0.2) is 0 Å². The van der Waals surface area contributed by atoms with Gasteiger partial charge in [0.25, 0.3) is 0 Å². The van der Waals surface area contributed by atoms with Crippen molar-refractivity contribution in [2.45, 2.75) is 12.1 Å². The molecule has 2 aromatic heterocycles. The molecular formula is C29H29N5O2S. The summed E-state index contributed by atoms with van der Waals surface area (Å²) in [7, 11) is 1.67. The summed E-state index contributed by atoms with van der Waals surface area (Å²) in [5.41, 5.74) is 3.71. The van der Waals surface area contributed by atoms with Crippen molar-refractivity contribution < 1.29 is 9.84 Å². The molecule has 3 heterocycles. The molecule has 1 N–H and O–H groups in total. The molecule has 37 heavy (non-hydrogen) atoms. The summed E-state index contributed by atoms with van der Waals surface area (Å²) < 4.78 is 6.91. The first-order valence-corrected chi connectivity index (χ1v) is 13.3. The fourth-order valence-electron chi connectivity index (χ4n) is 5.33. The monoisotopic (exact) mass is 511 g/mol. The molecule has 6 rings (SSSR count). The Bertz CT molecular complexity index is 1410. The number of aromatic hydroxyl groups is 1. The number of benzene rings is 3. The minimum Gasteiger partial charge on any atom is -0.497 e. The van der Waals surface area contributed by atoms with Gasteiger partial charge in [0.2, 0.25) is 10.8 Å². The van der Waals surface area contributed by atoms with E-state index in [1.165, 1.54) is 33.3 Å². The number of nitrogens with zero attached hydrogens (tertiary/aromatic N) is 5. The summed E-state index contributed by atoms with van der Waals surface area (Å²) >= 11 is 1.49. The van der Waals surface area contributed by atoms with Crippen LogP contribution in [0.1, 0.15) is 33.7 Å². The number of hydrogen-bond donors (Lipinski definition) is 1. The van der Waals surface area contributed by atoms with Gasteiger partial charge in [-0.05, 0) is 28.8 Å². The normalized spacial score (nSPS) is 15.8. The highest BCUT2D eigenvalue weighted by atomic mass is 32.1. The van der Waals surface area contributed by atoms with Gasteiger partial charge in [0, 0.05) is 26.2 Å². The summed E-state index contributed by atoms with van der Waals surface area (Å²) in [5.74, 6) is 0.972. The number of fused-ring (bicyclic) bond motifs is 1. The molecule has 188 valence electrons. The van der Waals surface area contributed by atoms with Crippen LogP contribution in [0, 0.1) is 0 Å². The maximum Gasteiger partial charge on any atom is 0.230 e. The van der Waals surface area contributed by atoms with Gasteiger partial charge in [-0.15, -0.1) is 0 Å². The number of rotatable bonds is 7. The lowest BCUT2D eigenvalue weighted by molar-refractivity contribution is 0.0899. The Balaban J connectivity index is 1.31. The molecule has 1 atom stereocenters. The van der Waals surface area contributed by atoms with Crippen LogP contribution in [0.4, 0.5) is 0 Å². The van der Waals surface area contributed by atoms with E-state index < -0.39 is 0 Å². The highest BCUT2D eigenvalue weighted by Crippen LogP contribution is 2.41. The molecule has 5 aromatic rings. The molecule has 8 heteroatoms. The van der Waals surface area contributed by atoms with E-state index in [2.05, 4.69) is 92.7 Å². The number of hydrogen-bond acceptors (Lipinski definition) is 7. The fraction of sp³-hybridized carbons (Fsp3) is 0.241. The molecule has 0 aliphatic carbocycles. The van der Waals surface area contributed by atoms with Crippen LogP contribution in [0.15, 0.2) is 91.3 Å². The van der Waals surface area contributed by atoms with Crippen molar-refractivity contribution in [3.63, 3.8) is 0 Å². The maximum absolute atomic E-state index is 11.1. The molecule has 0 amide bonds. The Kier molecular flexibility index (Phi) is 6.61. The van der Waals surface area contributed by atoms with Gasteiger partial charge in [-0.2, -0.15) is 9.61 Å². The smallest absolute Gasteiger partial charge is 0.230 e. The highest BCUT2D eigenvalue weighted by Gasteiger charge is 2.33. The van der Waals surface area contributed by atoms with Gasteiger partial charge >= 0.3 is 0 Å². The number of aromatic nitrogens is 3. The standard InChI is InChI=1S/C29H29N5O2S/c1-36-24-14-12-23(13-15-24)26(27-28(35)34-29(37-27)30-20-31-34)33-18-16-32(17-19-33)25(21-8-4-2-5-9-21)22-10-6-3-7-11-22/h2-15,20,25-26,35H,16-19H2,1H3. The third-order valence-corrected chi connectivity index (χ3v) is 8.22. The van der Waals surface area contributed by atoms with Crippen molar-refractivity contribution in [1.82, 2.24) is 24.4 Å². The lowest BCUT2D eigenvalue weighted by atomic mass is 9.96. The molecule has 0 saturated carbocycles. The molecule has 1 aliphatic rings. The second-order valence-electron chi connectivity index (χ2n) is 9.22. The third-order valence-electron chi connectivity index (χ3n) is 7.13. The number of methoxy groups -OCH3 is 1. The zero-order valence-corrected chi connectivity index (χ0v) is 21.5. The van der Waals surface area contributed by atoms with Crippen LogP contribution in [-0.2, 0) is 0 Å². The molecule has 1 fully saturated rings. The first-order valence-electron chi connectivity index (χ1n) is 12.5. The predicted molar refractivity (Wildman–Crippen MR) is 145 cm³/mol. The van der Waals surface area contributed by atoms with E-state index in [1.807, 2.05) is 12.1 Å². The summed E-state index contributed by atoms with van der Waals surface area (Å²) in [6, 6.07) is 29.7. The van der Waals surface area contributed by atoms with E-state index in [9.17, 15) is 5.11 Å². The van der Waals surface area contributed by atoms with Crippen molar-refractivity contribution >= 4 is 16.3 Å². The zero-order chi connectivity index (χ0) is 25.2. The van der Waals surface area contributed by atoms with Crippen molar-refractivity contribution in [3.8, 4) is 11.6 Å². The van der Waals surface area contributed by atoms with Gasteiger partial charge in [-0.3, -0.25) is 9.80 Å². The Labute approximate surface area is 220 Å². The van der Waals surface area contributed by atoms with Gasteiger partial charge < -0.3 is 9.84 Å². The van der Waals surface area contributed by atoms with Crippen molar-refractivity contribution in [3.05, 3.63) is 113 Å². The minimum absolute atomic E-state index is 0.103. The van der Waals surface area contributed by atoms with Gasteiger partial charge in [0.05, 0.1) is 24.1 Å². The fourth-order valence-corrected chi connectivity index (χ4v) is 6.42. The molecule has 3 aromatic carbocycles. The van der Waals surface area contributed by atoms with E-state index in [4.69, 9.17) is 4.74 Å². The van der Waals surface area contributed by atoms with Crippen LogP contribution in [-0.4, -0.2) is 62.8 Å². The molecule has 1 unspecified atom stereocenters. The lowest BCUT2D eigenvalue weighted by Crippen LogP contribution is -2.49. The summed E-state index contributed by atoms with van der Waals surface area (Å²) in [6.45, 7) is 3.53. The third kappa shape index (κ3) is 4.59. The molecular weight excluding hydrogens is 482 g/mol. The minimum atomic E-state index is -0.103. The molecule has 0 radical (unpaired) electrons. The topological polar surface area (TPSA) is 66.1 Å². The van der Waals surface area contributed by atoms with Crippen LogP contribution in [0.3, 0.4) is 0 Å². The van der Waals surface area contributed by atoms with Crippen molar-refractivity contribution in [1.29, 1.82) is 0 Å². The zero-order valence-electron chi connectivity index (χ0n) is 20.6. The van der Waals surface area contributed by atoms with Crippen LogP contribution < -0.4 is 4.74 Å². The van der Waals surface area contributed by atoms with Gasteiger partial charge in [0.1, 0.15) is 12.1 Å². The summed E-state index contributed by atoms with van der Waals surface area (Å²) in [4.78, 5) is 10.9. The summed E-state index contributed by atoms with van der Waals surface area (Å²) in [5, 5.41) is 15.3. The van der Waals surface area contributed by atoms with Crippen LogP contribution >= 0.6 is 11.3 Å². The number of piperazine rings is 1. The first kappa shape index (κ1) is 23.7. The maximum atomic E-state index is 11.1. The van der Waals surface area contributed by atoms with Crippen LogP contribution in [0.2, 0.25) is 0 Å². The van der Waals surface area contributed by atoms with Crippen molar-refractivity contribution in [2.75, 3.05) is 33.3 Å². The van der Waals surface area contributed by atoms with Gasteiger partial charge in [-0.25, -0.2) is 4.98 Å². The second-order valence-corrected chi connectivity index (χ2v) is 10.2. The summed E-state index contributed by atoms with van der Waals surface area (Å²) in [6.07, 6.45) is 1.48. The SMILES string of the molecule is COc1ccc(C(c2sc3ncnn3c2O)N2CCN(C(c3ccccc3)c3ccccc3)CC2)cc1. The lowest BCUT2D eigenvalue weighted by Gasteiger charge is -2.42. The Morgan fingerprint density at radius 3 is 1.84 bits per heavy atom. The van der Waals surface area contributed by atoms with E-state index in [1.54, 1.807) is 7.11 Å². The highest BCUT2D eigenvalue weighted by molar-refractivity contribution is 7.17. The predicted octanol–water partition coefficient (Wildman–Crippen LogP) is 5.00. The van der Waals surface area contributed by atoms with E-state index >= 15 is 0 Å². The van der Waals surface area contributed by atoms with E-state index in [0.717, 1.165) is 42.4 Å². The van der Waals surface area contributed by atoms with Gasteiger partial charge in [-0.1, -0.05) is 84.1 Å². The first-order chi connectivity index (χ1) is 18.2. The molecule has 1 aliphatic heterocycles. The average Bonchev–Trinajstić information content (AvgIpc) is 3.54. The van der Waals surface area contributed by atoms with Crippen molar-refractivity contribution in [2.24, 2.45) is 0 Å². The van der Waals surface area contributed by atoms with Crippen LogP contribution in [0.25, 0.3) is 4.96 Å².